The van der Waals surface area contributed by atoms with Crippen molar-refractivity contribution in [2.24, 2.45) is 0 Å². The van der Waals surface area contributed by atoms with Gasteiger partial charge < -0.3 is 5.11 Å². The van der Waals surface area contributed by atoms with Gasteiger partial charge in [0.1, 0.15) is 0 Å². The van der Waals surface area contributed by atoms with Gasteiger partial charge in [0.05, 0.1) is 23.0 Å². The molecule has 0 saturated carbocycles. The first-order valence-corrected chi connectivity index (χ1v) is 6.91. The van der Waals surface area contributed by atoms with Crippen molar-refractivity contribution in [2.75, 3.05) is 0 Å². The lowest BCUT2D eigenvalue weighted by Gasteiger charge is -2.01. The average molecular weight is 297 g/mol. The standard InChI is InChI=1S/C13H13ClN2O2S/c1-8-13(14)9(2)16(15-8)6-11-5-10(7-19-11)3-4-12(17)18/h3-5,7H,6H2,1-2H3,(H,17,18)/b4-3+. The van der Waals surface area contributed by atoms with Crippen LogP contribution in [-0.4, -0.2) is 20.9 Å². The lowest BCUT2D eigenvalue weighted by Crippen LogP contribution is -2.02. The Hall–Kier alpha value is -1.59. The van der Waals surface area contributed by atoms with Gasteiger partial charge in [0.15, 0.2) is 0 Å². The summed E-state index contributed by atoms with van der Waals surface area (Å²) in [5.41, 5.74) is 2.65. The minimum atomic E-state index is -0.946. The number of carboxylic acids is 1. The highest BCUT2D eigenvalue weighted by Gasteiger charge is 2.10. The smallest absolute Gasteiger partial charge is 0.328 e. The van der Waals surface area contributed by atoms with Gasteiger partial charge in [-0.05, 0) is 36.9 Å². The molecule has 0 aromatic carbocycles. The Morgan fingerprint density at radius 3 is 2.89 bits per heavy atom. The fraction of sp³-hybridized carbons (Fsp3) is 0.231. The predicted octanol–water partition coefficient (Wildman–Crippen LogP) is 3.36. The van der Waals surface area contributed by atoms with E-state index in [4.69, 9.17) is 16.7 Å². The molecular weight excluding hydrogens is 284 g/mol. The number of hydrogen-bond donors (Lipinski definition) is 1. The quantitative estimate of drug-likeness (QED) is 0.880. The topological polar surface area (TPSA) is 55.1 Å². The lowest BCUT2D eigenvalue weighted by molar-refractivity contribution is -0.131. The van der Waals surface area contributed by atoms with Crippen LogP contribution in [0.5, 0.6) is 0 Å². The number of thiophene rings is 1. The van der Waals surface area contributed by atoms with Crippen molar-refractivity contribution in [3.8, 4) is 0 Å². The Labute approximate surface area is 119 Å². The first kappa shape index (κ1) is 13.8. The molecule has 0 spiro atoms. The summed E-state index contributed by atoms with van der Waals surface area (Å²) in [6.45, 7) is 4.45. The molecule has 2 heterocycles. The van der Waals surface area contributed by atoms with Gasteiger partial charge >= 0.3 is 5.97 Å². The molecule has 0 amide bonds. The molecular formula is C13H13ClN2O2S. The van der Waals surface area contributed by atoms with Crippen molar-refractivity contribution >= 4 is 35.0 Å². The summed E-state index contributed by atoms with van der Waals surface area (Å²) in [7, 11) is 0. The van der Waals surface area contributed by atoms with Crippen LogP contribution in [0.1, 0.15) is 21.8 Å². The molecule has 0 unspecified atom stereocenters. The molecule has 0 fully saturated rings. The minimum absolute atomic E-state index is 0.644. The molecule has 1 N–H and O–H groups in total. The van der Waals surface area contributed by atoms with Crippen LogP contribution in [0, 0.1) is 13.8 Å². The van der Waals surface area contributed by atoms with Gasteiger partial charge in [0.2, 0.25) is 0 Å². The SMILES string of the molecule is Cc1nn(Cc2cc(/C=C/C(=O)O)cs2)c(C)c1Cl. The van der Waals surface area contributed by atoms with Gasteiger partial charge in [-0.25, -0.2) is 4.79 Å². The van der Waals surface area contributed by atoms with E-state index in [-0.39, 0.29) is 0 Å². The van der Waals surface area contributed by atoms with Crippen molar-refractivity contribution in [3.05, 3.63) is 44.4 Å². The number of aromatic nitrogens is 2. The third-order valence-electron chi connectivity index (χ3n) is 2.69. The molecule has 2 aromatic rings. The summed E-state index contributed by atoms with van der Waals surface area (Å²) in [5.74, 6) is -0.946. The number of halogens is 1. The second-order valence-corrected chi connectivity index (χ2v) is 5.53. The summed E-state index contributed by atoms with van der Waals surface area (Å²) < 4.78 is 1.86. The van der Waals surface area contributed by atoms with E-state index in [0.29, 0.717) is 11.6 Å². The molecule has 100 valence electrons. The summed E-state index contributed by atoms with van der Waals surface area (Å²) in [4.78, 5) is 11.5. The molecule has 19 heavy (non-hydrogen) atoms. The van der Waals surface area contributed by atoms with Crippen molar-refractivity contribution in [1.82, 2.24) is 9.78 Å². The number of rotatable bonds is 4. The fourth-order valence-corrected chi connectivity index (χ4v) is 2.68. The zero-order valence-electron chi connectivity index (χ0n) is 10.6. The van der Waals surface area contributed by atoms with E-state index in [9.17, 15) is 4.79 Å². The van der Waals surface area contributed by atoms with Crippen LogP contribution >= 0.6 is 22.9 Å². The fourth-order valence-electron chi connectivity index (χ4n) is 1.71. The number of hydrogen-bond acceptors (Lipinski definition) is 3. The maximum atomic E-state index is 10.4. The van der Waals surface area contributed by atoms with Crippen molar-refractivity contribution in [1.29, 1.82) is 0 Å². The minimum Gasteiger partial charge on any atom is -0.478 e. The van der Waals surface area contributed by atoms with Gasteiger partial charge in [-0.1, -0.05) is 11.6 Å². The Morgan fingerprint density at radius 1 is 1.58 bits per heavy atom. The Bertz CT molecular complexity index is 643. The molecule has 0 aliphatic heterocycles. The molecule has 6 heteroatoms. The third-order valence-corrected chi connectivity index (χ3v) is 4.18. The summed E-state index contributed by atoms with van der Waals surface area (Å²) in [6, 6.07) is 1.95. The number of carbonyl (C=O) groups is 1. The van der Waals surface area contributed by atoms with Crippen LogP contribution in [-0.2, 0) is 11.3 Å². The normalized spacial score (nSPS) is 11.3. The van der Waals surface area contributed by atoms with Gasteiger partial charge in [-0.3, -0.25) is 4.68 Å². The van der Waals surface area contributed by atoms with Gasteiger partial charge in [-0.15, -0.1) is 11.3 Å². The molecule has 4 nitrogen and oxygen atoms in total. The maximum Gasteiger partial charge on any atom is 0.328 e. The van der Waals surface area contributed by atoms with Crippen LogP contribution in [0.4, 0.5) is 0 Å². The van der Waals surface area contributed by atoms with E-state index in [1.54, 1.807) is 17.4 Å². The van der Waals surface area contributed by atoms with Crippen LogP contribution < -0.4 is 0 Å². The van der Waals surface area contributed by atoms with Crippen molar-refractivity contribution < 1.29 is 9.90 Å². The average Bonchev–Trinajstić information content (AvgIpc) is 2.89. The second-order valence-electron chi connectivity index (χ2n) is 4.16. The molecule has 0 aliphatic carbocycles. The van der Waals surface area contributed by atoms with E-state index in [1.807, 2.05) is 30.0 Å². The Morgan fingerprint density at radius 2 is 2.32 bits per heavy atom. The van der Waals surface area contributed by atoms with E-state index >= 15 is 0 Å². The maximum absolute atomic E-state index is 10.4. The zero-order chi connectivity index (χ0) is 14.0. The second kappa shape index (κ2) is 5.59. The number of aryl methyl sites for hydroxylation is 1. The van der Waals surface area contributed by atoms with Crippen LogP contribution in [0.25, 0.3) is 6.08 Å². The first-order valence-electron chi connectivity index (χ1n) is 5.65. The summed E-state index contributed by atoms with van der Waals surface area (Å²) in [6.07, 6.45) is 2.71. The van der Waals surface area contributed by atoms with Gasteiger partial charge in [-0.2, -0.15) is 5.10 Å². The first-order chi connectivity index (χ1) is 8.97. The zero-order valence-corrected chi connectivity index (χ0v) is 12.1. The van der Waals surface area contributed by atoms with E-state index in [2.05, 4.69) is 5.10 Å². The highest BCUT2D eigenvalue weighted by molar-refractivity contribution is 7.10. The summed E-state index contributed by atoms with van der Waals surface area (Å²) in [5, 5.41) is 15.6. The third kappa shape index (κ3) is 3.24. The molecule has 0 atom stereocenters. The van der Waals surface area contributed by atoms with E-state index in [0.717, 1.165) is 27.9 Å². The Kier molecular flexibility index (Phi) is 4.07. The molecule has 2 rings (SSSR count). The van der Waals surface area contributed by atoms with Crippen molar-refractivity contribution in [3.63, 3.8) is 0 Å². The highest BCUT2D eigenvalue weighted by atomic mass is 35.5. The van der Waals surface area contributed by atoms with Crippen LogP contribution in [0.2, 0.25) is 5.02 Å². The van der Waals surface area contributed by atoms with Gasteiger partial charge in [0, 0.05) is 11.0 Å². The summed E-state index contributed by atoms with van der Waals surface area (Å²) >= 11 is 7.67. The number of aliphatic carboxylic acids is 1. The molecule has 0 aliphatic rings. The Balaban J connectivity index is 2.16. The van der Waals surface area contributed by atoms with E-state index in [1.165, 1.54) is 0 Å². The highest BCUT2D eigenvalue weighted by Crippen LogP contribution is 2.22. The molecule has 0 saturated heterocycles. The molecule has 0 radical (unpaired) electrons. The largest absolute Gasteiger partial charge is 0.478 e. The predicted molar refractivity (Wildman–Crippen MR) is 76.8 cm³/mol. The number of carboxylic acid groups (broad SMARTS) is 1. The van der Waals surface area contributed by atoms with Gasteiger partial charge in [0.25, 0.3) is 0 Å². The monoisotopic (exact) mass is 296 g/mol. The van der Waals surface area contributed by atoms with Crippen LogP contribution in [0.3, 0.4) is 0 Å². The van der Waals surface area contributed by atoms with Crippen LogP contribution in [0.15, 0.2) is 17.5 Å². The number of nitrogens with zero attached hydrogens (tertiary/aromatic N) is 2. The lowest BCUT2D eigenvalue weighted by atomic mass is 10.3. The van der Waals surface area contributed by atoms with Crippen molar-refractivity contribution in [2.45, 2.75) is 20.4 Å². The molecule has 0 bridgehead atoms. The van der Waals surface area contributed by atoms with E-state index < -0.39 is 5.97 Å². The molecule has 2 aromatic heterocycles.